The number of aryl methyl sites for hydroxylation is 2. The first-order valence-corrected chi connectivity index (χ1v) is 5.17. The molecule has 0 amide bonds. The zero-order valence-electron chi connectivity index (χ0n) is 9.42. The van der Waals surface area contributed by atoms with Crippen molar-refractivity contribution in [2.75, 3.05) is 0 Å². The first kappa shape index (κ1) is 11.0. The summed E-state index contributed by atoms with van der Waals surface area (Å²) in [5.41, 5.74) is 3.18. The van der Waals surface area contributed by atoms with Crippen molar-refractivity contribution in [2.45, 2.75) is 34.1 Å². The molecule has 0 saturated carbocycles. The van der Waals surface area contributed by atoms with Crippen LogP contribution < -0.4 is 0 Å². The Morgan fingerprint density at radius 2 is 2.00 bits per heavy atom. The minimum Gasteiger partial charge on any atom is -0.294 e. The normalized spacial score (nSPS) is 12.6. The zero-order valence-corrected chi connectivity index (χ0v) is 9.42. The molecule has 0 aliphatic rings. The predicted molar refractivity (Wildman–Crippen MR) is 59.7 cm³/mol. The van der Waals surface area contributed by atoms with Gasteiger partial charge in [0.05, 0.1) is 0 Å². The molecule has 76 valence electrons. The fourth-order valence-corrected chi connectivity index (χ4v) is 1.54. The van der Waals surface area contributed by atoms with Crippen LogP contribution in [-0.4, -0.2) is 5.78 Å². The average Bonchev–Trinajstić information content (AvgIpc) is 2.15. The first-order valence-electron chi connectivity index (χ1n) is 5.17. The molecular formula is C13H18O. The molecule has 0 unspecified atom stereocenters. The fraction of sp³-hybridized carbons (Fsp3) is 0.462. The number of hydrogen-bond acceptors (Lipinski definition) is 1. The largest absolute Gasteiger partial charge is 0.294 e. The van der Waals surface area contributed by atoms with Crippen molar-refractivity contribution < 1.29 is 4.79 Å². The molecule has 0 spiro atoms. The highest BCUT2D eigenvalue weighted by molar-refractivity contribution is 5.98. The molecule has 1 rings (SSSR count). The number of carbonyl (C=O) groups is 1. The Morgan fingerprint density at radius 3 is 2.50 bits per heavy atom. The molecule has 0 heterocycles. The first-order chi connectivity index (χ1) is 6.56. The quantitative estimate of drug-likeness (QED) is 0.666. The molecular weight excluding hydrogens is 172 g/mol. The van der Waals surface area contributed by atoms with Gasteiger partial charge in [-0.3, -0.25) is 4.79 Å². The number of hydrogen-bond donors (Lipinski definition) is 0. The molecule has 0 saturated heterocycles. The molecule has 14 heavy (non-hydrogen) atoms. The van der Waals surface area contributed by atoms with E-state index < -0.39 is 0 Å². The van der Waals surface area contributed by atoms with Gasteiger partial charge in [0.25, 0.3) is 0 Å². The van der Waals surface area contributed by atoms with Gasteiger partial charge >= 0.3 is 0 Å². The molecule has 0 aromatic heterocycles. The molecule has 0 fully saturated rings. The van der Waals surface area contributed by atoms with Crippen molar-refractivity contribution in [3.8, 4) is 0 Å². The fourth-order valence-electron chi connectivity index (χ4n) is 1.54. The Morgan fingerprint density at radius 1 is 1.36 bits per heavy atom. The monoisotopic (exact) mass is 190 g/mol. The number of rotatable bonds is 3. The van der Waals surface area contributed by atoms with Gasteiger partial charge in [-0.1, -0.05) is 37.6 Å². The second-order valence-corrected chi connectivity index (χ2v) is 3.99. The number of benzene rings is 1. The van der Waals surface area contributed by atoms with Crippen LogP contribution >= 0.6 is 0 Å². The number of carbonyl (C=O) groups excluding carboxylic acids is 1. The number of ketones is 1. The molecule has 1 nitrogen and oxygen atoms in total. The van der Waals surface area contributed by atoms with Crippen molar-refractivity contribution in [3.63, 3.8) is 0 Å². The van der Waals surface area contributed by atoms with Gasteiger partial charge in [0.2, 0.25) is 0 Å². The summed E-state index contributed by atoms with van der Waals surface area (Å²) in [6.45, 7) is 8.08. The van der Waals surface area contributed by atoms with Crippen LogP contribution in [0.25, 0.3) is 0 Å². The number of Topliss-reactive ketones (excluding diaryl/α,β-unsaturated/α-hetero) is 1. The van der Waals surface area contributed by atoms with E-state index in [1.165, 1.54) is 5.56 Å². The summed E-state index contributed by atoms with van der Waals surface area (Å²) in [5, 5.41) is 0. The van der Waals surface area contributed by atoms with E-state index in [2.05, 4.69) is 6.07 Å². The predicted octanol–water partition coefficient (Wildman–Crippen LogP) is 3.53. The summed E-state index contributed by atoms with van der Waals surface area (Å²) in [7, 11) is 0. The van der Waals surface area contributed by atoms with Crippen LogP contribution in [-0.2, 0) is 0 Å². The van der Waals surface area contributed by atoms with Gasteiger partial charge in [0.15, 0.2) is 5.78 Å². The van der Waals surface area contributed by atoms with Crippen LogP contribution in [0.15, 0.2) is 18.2 Å². The smallest absolute Gasteiger partial charge is 0.165 e. The van der Waals surface area contributed by atoms with E-state index in [1.54, 1.807) is 0 Å². The molecule has 1 atom stereocenters. The van der Waals surface area contributed by atoms with Crippen molar-refractivity contribution in [1.82, 2.24) is 0 Å². The molecule has 0 aliphatic carbocycles. The van der Waals surface area contributed by atoms with Crippen LogP contribution in [0.2, 0.25) is 0 Å². The Balaban J connectivity index is 3.02. The Bertz CT molecular complexity index is 339. The van der Waals surface area contributed by atoms with Gasteiger partial charge in [-0.05, 0) is 25.8 Å². The Hall–Kier alpha value is -1.11. The van der Waals surface area contributed by atoms with E-state index in [4.69, 9.17) is 0 Å². The summed E-state index contributed by atoms with van der Waals surface area (Å²) in [6.07, 6.45) is 0.909. The maximum Gasteiger partial charge on any atom is 0.165 e. The van der Waals surface area contributed by atoms with Gasteiger partial charge in [-0.25, -0.2) is 0 Å². The van der Waals surface area contributed by atoms with E-state index in [-0.39, 0.29) is 11.7 Å². The molecule has 1 heteroatoms. The van der Waals surface area contributed by atoms with Crippen LogP contribution in [0, 0.1) is 19.8 Å². The van der Waals surface area contributed by atoms with Gasteiger partial charge in [0, 0.05) is 11.5 Å². The van der Waals surface area contributed by atoms with Crippen molar-refractivity contribution in [1.29, 1.82) is 0 Å². The van der Waals surface area contributed by atoms with Crippen LogP contribution in [0.4, 0.5) is 0 Å². The van der Waals surface area contributed by atoms with Crippen LogP contribution in [0.3, 0.4) is 0 Å². The van der Waals surface area contributed by atoms with Crippen LogP contribution in [0.1, 0.15) is 41.8 Å². The van der Waals surface area contributed by atoms with Crippen molar-refractivity contribution >= 4 is 5.78 Å². The van der Waals surface area contributed by atoms with E-state index in [0.717, 1.165) is 17.5 Å². The third-order valence-corrected chi connectivity index (χ3v) is 2.71. The Labute approximate surface area is 86.1 Å². The van der Waals surface area contributed by atoms with Gasteiger partial charge < -0.3 is 0 Å². The third-order valence-electron chi connectivity index (χ3n) is 2.71. The molecule has 1 aromatic rings. The van der Waals surface area contributed by atoms with E-state index in [1.807, 2.05) is 39.8 Å². The van der Waals surface area contributed by atoms with Crippen molar-refractivity contribution in [3.05, 3.63) is 34.9 Å². The molecule has 1 aromatic carbocycles. The molecule has 0 N–H and O–H groups in total. The average molecular weight is 190 g/mol. The lowest BCUT2D eigenvalue weighted by molar-refractivity contribution is 0.0926. The summed E-state index contributed by atoms with van der Waals surface area (Å²) in [5.74, 6) is 0.404. The highest BCUT2D eigenvalue weighted by Gasteiger charge is 2.14. The highest BCUT2D eigenvalue weighted by Crippen LogP contribution is 2.16. The molecule has 0 radical (unpaired) electrons. The molecule has 0 aliphatic heterocycles. The minimum atomic E-state index is 0.136. The van der Waals surface area contributed by atoms with Gasteiger partial charge in [0.1, 0.15) is 0 Å². The lowest BCUT2D eigenvalue weighted by atomic mass is 9.93. The molecule has 0 bridgehead atoms. The summed E-state index contributed by atoms with van der Waals surface area (Å²) < 4.78 is 0. The highest BCUT2D eigenvalue weighted by atomic mass is 16.1. The maximum absolute atomic E-state index is 11.9. The van der Waals surface area contributed by atoms with E-state index >= 15 is 0 Å². The SMILES string of the molecule is CC[C@@H](C)C(=O)c1ccc(C)cc1C. The zero-order chi connectivity index (χ0) is 10.7. The summed E-state index contributed by atoms with van der Waals surface area (Å²) in [4.78, 5) is 11.9. The van der Waals surface area contributed by atoms with E-state index in [0.29, 0.717) is 0 Å². The van der Waals surface area contributed by atoms with E-state index in [9.17, 15) is 4.79 Å². The lowest BCUT2D eigenvalue weighted by Gasteiger charge is -2.10. The summed E-state index contributed by atoms with van der Waals surface area (Å²) in [6, 6.07) is 6.01. The standard InChI is InChI=1S/C13H18O/c1-5-10(3)13(14)12-7-6-9(2)8-11(12)4/h6-8,10H,5H2,1-4H3/t10-/m1/s1. The second-order valence-electron chi connectivity index (χ2n) is 3.99. The minimum absolute atomic E-state index is 0.136. The summed E-state index contributed by atoms with van der Waals surface area (Å²) >= 11 is 0. The maximum atomic E-state index is 11.9. The topological polar surface area (TPSA) is 17.1 Å². The van der Waals surface area contributed by atoms with Crippen LogP contribution in [0.5, 0.6) is 0 Å². The third kappa shape index (κ3) is 2.22. The van der Waals surface area contributed by atoms with Gasteiger partial charge in [-0.2, -0.15) is 0 Å². The van der Waals surface area contributed by atoms with Gasteiger partial charge in [-0.15, -0.1) is 0 Å². The van der Waals surface area contributed by atoms with Crippen molar-refractivity contribution in [2.24, 2.45) is 5.92 Å². The second kappa shape index (κ2) is 4.41. The Kier molecular flexibility index (Phi) is 3.45. The lowest BCUT2D eigenvalue weighted by Crippen LogP contribution is -2.11.